The van der Waals surface area contributed by atoms with Crippen molar-refractivity contribution in [2.45, 2.75) is 4.83 Å². The lowest BCUT2D eigenvalue weighted by molar-refractivity contribution is -0.402. The van der Waals surface area contributed by atoms with Crippen LogP contribution in [-0.2, 0) is 4.74 Å². The Kier molecular flexibility index (Phi) is 4.67. The van der Waals surface area contributed by atoms with Crippen LogP contribution in [0.1, 0.15) is 10.6 Å². The number of furan rings is 1. The van der Waals surface area contributed by atoms with Gasteiger partial charge in [0.05, 0.1) is 24.1 Å². The van der Waals surface area contributed by atoms with E-state index in [4.69, 9.17) is 9.15 Å². The standard InChI is InChI=1S/C11H13BrN2O5/c12-8(7-13-3-5-18-6-4-13)11(15)9-1-2-10(19-9)14(16)17/h1-2,8H,3-7H2. The molecule has 1 aromatic heterocycles. The molecule has 1 aromatic rings. The SMILES string of the molecule is O=C(c1ccc([N+](=O)[O-])o1)C(Br)CN1CCOCC1. The Labute approximate surface area is 117 Å². The number of ketones is 1. The number of ether oxygens (including phenoxy) is 1. The third-order valence-electron chi connectivity index (χ3n) is 2.82. The molecule has 0 saturated carbocycles. The Hall–Kier alpha value is -1.25. The molecule has 1 atom stereocenters. The quantitative estimate of drug-likeness (QED) is 0.351. The smallest absolute Gasteiger partial charge is 0.397 e. The van der Waals surface area contributed by atoms with Crippen molar-refractivity contribution in [3.63, 3.8) is 0 Å². The number of Topliss-reactive ketones (excluding diaryl/α,β-unsaturated/α-hetero) is 1. The second kappa shape index (κ2) is 6.27. The summed E-state index contributed by atoms with van der Waals surface area (Å²) >= 11 is 3.30. The van der Waals surface area contributed by atoms with E-state index >= 15 is 0 Å². The molecule has 0 aliphatic carbocycles. The minimum atomic E-state index is -0.665. The summed E-state index contributed by atoms with van der Waals surface area (Å²) in [6.45, 7) is 3.37. The van der Waals surface area contributed by atoms with Gasteiger partial charge in [-0.2, -0.15) is 0 Å². The molecule has 1 aliphatic rings. The van der Waals surface area contributed by atoms with E-state index in [9.17, 15) is 14.9 Å². The van der Waals surface area contributed by atoms with Gasteiger partial charge in [0.25, 0.3) is 0 Å². The number of alkyl halides is 1. The van der Waals surface area contributed by atoms with Gasteiger partial charge in [0, 0.05) is 19.6 Å². The molecule has 1 saturated heterocycles. The lowest BCUT2D eigenvalue weighted by atomic mass is 10.2. The summed E-state index contributed by atoms with van der Waals surface area (Å²) in [5, 5.41) is 10.5. The highest BCUT2D eigenvalue weighted by Gasteiger charge is 2.25. The number of nitrogens with zero attached hydrogens (tertiary/aromatic N) is 2. The second-order valence-electron chi connectivity index (χ2n) is 4.14. The Bertz CT molecular complexity index is 469. The fourth-order valence-electron chi connectivity index (χ4n) is 1.81. The predicted molar refractivity (Wildman–Crippen MR) is 69.7 cm³/mol. The van der Waals surface area contributed by atoms with Crippen LogP contribution in [0, 0.1) is 10.1 Å². The molecule has 2 rings (SSSR count). The third-order valence-corrected chi connectivity index (χ3v) is 3.53. The Morgan fingerprint density at radius 2 is 2.16 bits per heavy atom. The zero-order chi connectivity index (χ0) is 13.8. The molecular weight excluding hydrogens is 320 g/mol. The molecule has 19 heavy (non-hydrogen) atoms. The molecule has 0 bridgehead atoms. The Balaban J connectivity index is 1.95. The molecular formula is C11H13BrN2O5. The summed E-state index contributed by atoms with van der Waals surface area (Å²) < 4.78 is 10.1. The first-order chi connectivity index (χ1) is 9.08. The normalized spacial score (nSPS) is 18.2. The number of hydrogen-bond donors (Lipinski definition) is 0. The van der Waals surface area contributed by atoms with Gasteiger partial charge >= 0.3 is 5.88 Å². The van der Waals surface area contributed by atoms with Crippen LogP contribution in [0.3, 0.4) is 0 Å². The molecule has 7 nitrogen and oxygen atoms in total. The van der Waals surface area contributed by atoms with E-state index in [1.807, 2.05) is 0 Å². The lowest BCUT2D eigenvalue weighted by Gasteiger charge is -2.27. The van der Waals surface area contributed by atoms with E-state index in [0.29, 0.717) is 19.8 Å². The maximum Gasteiger partial charge on any atom is 0.433 e. The highest BCUT2D eigenvalue weighted by molar-refractivity contribution is 9.10. The van der Waals surface area contributed by atoms with Gasteiger partial charge < -0.3 is 9.15 Å². The molecule has 2 heterocycles. The van der Waals surface area contributed by atoms with E-state index in [1.54, 1.807) is 0 Å². The van der Waals surface area contributed by atoms with Crippen molar-refractivity contribution in [2.75, 3.05) is 32.8 Å². The molecule has 1 unspecified atom stereocenters. The molecule has 0 spiro atoms. The van der Waals surface area contributed by atoms with Crippen molar-refractivity contribution in [3.8, 4) is 0 Å². The number of halogens is 1. The van der Waals surface area contributed by atoms with Crippen molar-refractivity contribution >= 4 is 27.6 Å². The largest absolute Gasteiger partial charge is 0.433 e. The van der Waals surface area contributed by atoms with E-state index < -0.39 is 15.6 Å². The number of morpholine rings is 1. The first kappa shape index (κ1) is 14.2. The van der Waals surface area contributed by atoms with Crippen LogP contribution in [-0.4, -0.2) is 53.3 Å². The van der Waals surface area contributed by atoms with E-state index in [1.165, 1.54) is 12.1 Å². The van der Waals surface area contributed by atoms with Crippen LogP contribution in [0.2, 0.25) is 0 Å². The topological polar surface area (TPSA) is 85.8 Å². The van der Waals surface area contributed by atoms with Crippen molar-refractivity contribution in [3.05, 3.63) is 28.0 Å². The number of rotatable bonds is 5. The summed E-state index contributed by atoms with van der Waals surface area (Å²) in [5.74, 6) is -0.712. The summed E-state index contributed by atoms with van der Waals surface area (Å²) in [7, 11) is 0. The first-order valence-corrected chi connectivity index (χ1v) is 6.72. The molecule has 0 N–H and O–H groups in total. The van der Waals surface area contributed by atoms with Gasteiger partial charge in [-0.1, -0.05) is 15.9 Å². The molecule has 8 heteroatoms. The molecule has 1 fully saturated rings. The Morgan fingerprint density at radius 3 is 2.74 bits per heavy atom. The fraction of sp³-hybridized carbons (Fsp3) is 0.545. The van der Waals surface area contributed by atoms with Gasteiger partial charge in [0.1, 0.15) is 4.92 Å². The van der Waals surface area contributed by atoms with Crippen molar-refractivity contribution in [1.29, 1.82) is 0 Å². The van der Waals surface area contributed by atoms with Gasteiger partial charge in [-0.25, -0.2) is 0 Å². The van der Waals surface area contributed by atoms with Gasteiger partial charge in [-0.05, 0) is 6.07 Å². The molecule has 1 aliphatic heterocycles. The summed E-state index contributed by atoms with van der Waals surface area (Å²) in [6, 6.07) is 2.51. The molecule has 0 aromatic carbocycles. The van der Waals surface area contributed by atoms with Crippen LogP contribution in [0.25, 0.3) is 0 Å². The Morgan fingerprint density at radius 1 is 1.47 bits per heavy atom. The van der Waals surface area contributed by atoms with Crippen LogP contribution in [0.5, 0.6) is 0 Å². The van der Waals surface area contributed by atoms with Crippen molar-refractivity contribution in [1.82, 2.24) is 4.90 Å². The summed E-state index contributed by atoms with van der Waals surface area (Å²) in [5.41, 5.74) is 0. The number of carbonyl (C=O) groups is 1. The minimum Gasteiger partial charge on any atom is -0.397 e. The van der Waals surface area contributed by atoms with Crippen LogP contribution in [0.15, 0.2) is 16.5 Å². The summed E-state index contributed by atoms with van der Waals surface area (Å²) in [6.07, 6.45) is 0. The van der Waals surface area contributed by atoms with Crippen LogP contribution < -0.4 is 0 Å². The number of nitro groups is 1. The molecule has 0 amide bonds. The minimum absolute atomic E-state index is 0.00170. The van der Waals surface area contributed by atoms with Gasteiger partial charge in [0.15, 0.2) is 5.76 Å². The van der Waals surface area contributed by atoms with Gasteiger partial charge in [-0.3, -0.25) is 19.8 Å². The van der Waals surface area contributed by atoms with E-state index in [0.717, 1.165) is 13.1 Å². The van der Waals surface area contributed by atoms with E-state index in [-0.39, 0.29) is 11.5 Å². The first-order valence-electron chi connectivity index (χ1n) is 5.80. The average molecular weight is 333 g/mol. The van der Waals surface area contributed by atoms with E-state index in [2.05, 4.69) is 20.8 Å². The van der Waals surface area contributed by atoms with Gasteiger partial charge in [-0.15, -0.1) is 0 Å². The highest BCUT2D eigenvalue weighted by Crippen LogP contribution is 2.19. The number of carbonyl (C=O) groups excluding carboxylic acids is 1. The average Bonchev–Trinajstić information content (AvgIpc) is 2.88. The van der Waals surface area contributed by atoms with Crippen LogP contribution >= 0.6 is 15.9 Å². The zero-order valence-corrected chi connectivity index (χ0v) is 11.7. The third kappa shape index (κ3) is 3.62. The number of hydrogen-bond acceptors (Lipinski definition) is 6. The maximum absolute atomic E-state index is 12.0. The van der Waals surface area contributed by atoms with Crippen molar-refractivity contribution < 1.29 is 18.9 Å². The predicted octanol–water partition coefficient (Wildman–Crippen LogP) is 1.47. The fourth-order valence-corrected chi connectivity index (χ4v) is 2.44. The second-order valence-corrected chi connectivity index (χ2v) is 5.25. The van der Waals surface area contributed by atoms with Crippen LogP contribution in [0.4, 0.5) is 5.88 Å². The molecule has 104 valence electrons. The monoisotopic (exact) mass is 332 g/mol. The van der Waals surface area contributed by atoms with Crippen molar-refractivity contribution in [2.24, 2.45) is 0 Å². The van der Waals surface area contributed by atoms with Gasteiger partial charge in [0.2, 0.25) is 5.78 Å². The maximum atomic E-state index is 12.0. The molecule has 0 radical (unpaired) electrons. The zero-order valence-electron chi connectivity index (χ0n) is 10.1. The highest BCUT2D eigenvalue weighted by atomic mass is 79.9. The summed E-state index contributed by atoms with van der Waals surface area (Å²) in [4.78, 5) is 23.5. The lowest BCUT2D eigenvalue weighted by Crippen LogP contribution is -2.41.